The second-order valence-electron chi connectivity index (χ2n) is 2.57. The molecule has 0 aliphatic carbocycles. The van der Waals surface area contributed by atoms with E-state index in [0.29, 0.717) is 5.56 Å². The van der Waals surface area contributed by atoms with E-state index in [1.165, 1.54) is 13.1 Å². The van der Waals surface area contributed by atoms with Gasteiger partial charge in [0.1, 0.15) is 0 Å². The van der Waals surface area contributed by atoms with E-state index in [2.05, 4.69) is 27.9 Å². The molecule has 0 atom stereocenters. The molecule has 3 nitrogen and oxygen atoms in total. The van der Waals surface area contributed by atoms with Crippen molar-refractivity contribution in [2.24, 2.45) is 0 Å². The smallest absolute Gasteiger partial charge is 0.335 e. The molecule has 1 aromatic rings. The first kappa shape index (κ1) is 10.5. The number of aromatic carboxylic acids is 1. The van der Waals surface area contributed by atoms with Crippen LogP contribution in [0.4, 0.5) is 0 Å². The number of carboxylic acid groups (broad SMARTS) is 1. The minimum Gasteiger partial charge on any atom is -0.478 e. The highest BCUT2D eigenvalue weighted by Crippen LogP contribution is 2.06. The second kappa shape index (κ2) is 5.18. The first-order chi connectivity index (χ1) is 6.20. The van der Waals surface area contributed by atoms with Gasteiger partial charge < -0.3 is 10.4 Å². The summed E-state index contributed by atoms with van der Waals surface area (Å²) >= 11 is 2.08. The maximum absolute atomic E-state index is 10.3. The summed E-state index contributed by atoms with van der Waals surface area (Å²) in [5, 5.41) is 11.5. The van der Waals surface area contributed by atoms with Gasteiger partial charge in [0.25, 0.3) is 0 Å². The minimum atomic E-state index is -0.876. The van der Waals surface area contributed by atoms with Crippen LogP contribution < -0.4 is 5.32 Å². The van der Waals surface area contributed by atoms with Gasteiger partial charge in [0.05, 0.1) is 5.56 Å². The molecule has 13 heavy (non-hydrogen) atoms. The zero-order valence-electron chi connectivity index (χ0n) is 6.96. The van der Waals surface area contributed by atoms with Gasteiger partial charge in [-0.15, -0.1) is 0 Å². The Kier molecular flexibility index (Phi) is 4.17. The van der Waals surface area contributed by atoms with Crippen LogP contribution in [-0.2, 0) is 0 Å². The SMILES string of the molecule is C1CN1.O=C(O)c1cccc(I)c1. The maximum Gasteiger partial charge on any atom is 0.335 e. The molecule has 1 aromatic carbocycles. The molecule has 2 rings (SSSR count). The van der Waals surface area contributed by atoms with Crippen LogP contribution in [0, 0.1) is 3.57 Å². The van der Waals surface area contributed by atoms with Crippen LogP contribution in [-0.4, -0.2) is 24.2 Å². The lowest BCUT2D eigenvalue weighted by Gasteiger charge is -1.92. The quantitative estimate of drug-likeness (QED) is 0.610. The van der Waals surface area contributed by atoms with Crippen molar-refractivity contribution in [1.82, 2.24) is 5.32 Å². The molecule has 1 heterocycles. The Morgan fingerprint density at radius 1 is 1.46 bits per heavy atom. The van der Waals surface area contributed by atoms with Crippen LogP contribution in [0.5, 0.6) is 0 Å². The van der Waals surface area contributed by atoms with E-state index in [1.54, 1.807) is 18.2 Å². The van der Waals surface area contributed by atoms with Crippen molar-refractivity contribution in [3.8, 4) is 0 Å². The van der Waals surface area contributed by atoms with E-state index in [9.17, 15) is 4.79 Å². The zero-order valence-corrected chi connectivity index (χ0v) is 9.11. The fraction of sp³-hybridized carbons (Fsp3) is 0.222. The third-order valence-corrected chi connectivity index (χ3v) is 1.99. The number of rotatable bonds is 1. The van der Waals surface area contributed by atoms with Crippen LogP contribution in [0.1, 0.15) is 10.4 Å². The Hall–Kier alpha value is -0.620. The summed E-state index contributed by atoms with van der Waals surface area (Å²) in [6.45, 7) is 2.50. The van der Waals surface area contributed by atoms with Gasteiger partial charge in [0.2, 0.25) is 0 Å². The number of carboxylic acids is 1. The number of hydrogen-bond acceptors (Lipinski definition) is 2. The minimum absolute atomic E-state index is 0.340. The summed E-state index contributed by atoms with van der Waals surface area (Å²) in [6.07, 6.45) is 0. The molecule has 0 spiro atoms. The van der Waals surface area contributed by atoms with Gasteiger partial charge in [0, 0.05) is 16.7 Å². The van der Waals surface area contributed by atoms with Crippen molar-refractivity contribution in [2.45, 2.75) is 0 Å². The first-order valence-corrected chi connectivity index (χ1v) is 4.97. The lowest BCUT2D eigenvalue weighted by Crippen LogP contribution is -1.95. The average molecular weight is 291 g/mol. The largest absolute Gasteiger partial charge is 0.478 e. The molecular weight excluding hydrogens is 281 g/mol. The zero-order chi connectivity index (χ0) is 9.68. The van der Waals surface area contributed by atoms with Gasteiger partial charge in [-0.2, -0.15) is 0 Å². The monoisotopic (exact) mass is 291 g/mol. The normalized spacial score (nSPS) is 12.7. The first-order valence-electron chi connectivity index (χ1n) is 3.90. The predicted molar refractivity (Wildman–Crippen MR) is 59.0 cm³/mol. The summed E-state index contributed by atoms with van der Waals surface area (Å²) in [7, 11) is 0. The Labute approximate surface area is 90.3 Å². The molecule has 70 valence electrons. The molecule has 0 aromatic heterocycles. The van der Waals surface area contributed by atoms with E-state index in [4.69, 9.17) is 5.11 Å². The Morgan fingerprint density at radius 3 is 2.38 bits per heavy atom. The standard InChI is InChI=1S/C7H5IO2.C2H5N/c8-6-3-1-2-5(4-6)7(9)10;1-2-3-1/h1-4H,(H,9,10);3H,1-2H2. The van der Waals surface area contributed by atoms with E-state index in [1.807, 2.05) is 6.07 Å². The molecule has 0 saturated carbocycles. The third kappa shape index (κ3) is 4.84. The summed E-state index contributed by atoms with van der Waals surface area (Å²) in [4.78, 5) is 10.3. The Morgan fingerprint density at radius 2 is 2.08 bits per heavy atom. The van der Waals surface area contributed by atoms with Gasteiger partial charge in [-0.3, -0.25) is 0 Å². The lowest BCUT2D eigenvalue weighted by molar-refractivity contribution is 0.0697. The van der Waals surface area contributed by atoms with Crippen molar-refractivity contribution < 1.29 is 9.90 Å². The van der Waals surface area contributed by atoms with E-state index >= 15 is 0 Å². The van der Waals surface area contributed by atoms with Crippen LogP contribution in [0.15, 0.2) is 24.3 Å². The van der Waals surface area contributed by atoms with Crippen molar-refractivity contribution in [3.05, 3.63) is 33.4 Å². The second-order valence-corrected chi connectivity index (χ2v) is 3.81. The van der Waals surface area contributed by atoms with E-state index < -0.39 is 5.97 Å². The summed E-state index contributed by atoms with van der Waals surface area (Å²) in [6, 6.07) is 6.78. The molecular formula is C9H10INO2. The molecule has 1 fully saturated rings. The molecule has 1 saturated heterocycles. The number of benzene rings is 1. The average Bonchev–Trinajstić information content (AvgIpc) is 2.89. The van der Waals surface area contributed by atoms with Crippen molar-refractivity contribution in [3.63, 3.8) is 0 Å². The molecule has 4 heteroatoms. The topological polar surface area (TPSA) is 59.2 Å². The van der Waals surface area contributed by atoms with E-state index in [0.717, 1.165) is 3.57 Å². The van der Waals surface area contributed by atoms with Crippen molar-refractivity contribution in [1.29, 1.82) is 0 Å². The molecule has 0 unspecified atom stereocenters. The summed E-state index contributed by atoms with van der Waals surface area (Å²) in [5.41, 5.74) is 0.340. The Balaban J connectivity index is 0.000000236. The molecule has 0 bridgehead atoms. The molecule has 1 aliphatic rings. The van der Waals surface area contributed by atoms with Gasteiger partial charge in [0.15, 0.2) is 0 Å². The van der Waals surface area contributed by atoms with E-state index in [-0.39, 0.29) is 0 Å². The number of hydrogen-bond donors (Lipinski definition) is 2. The summed E-state index contributed by atoms with van der Waals surface area (Å²) in [5.74, 6) is -0.876. The van der Waals surface area contributed by atoms with Gasteiger partial charge in [-0.25, -0.2) is 4.79 Å². The van der Waals surface area contributed by atoms with Crippen molar-refractivity contribution in [2.75, 3.05) is 13.1 Å². The number of halogens is 1. The van der Waals surface area contributed by atoms with Crippen LogP contribution in [0.25, 0.3) is 0 Å². The fourth-order valence-electron chi connectivity index (χ4n) is 0.622. The molecule has 2 N–H and O–H groups in total. The maximum atomic E-state index is 10.3. The van der Waals surface area contributed by atoms with Gasteiger partial charge in [-0.05, 0) is 40.8 Å². The predicted octanol–water partition coefficient (Wildman–Crippen LogP) is 1.58. The molecule has 0 radical (unpaired) electrons. The Bertz CT molecular complexity index is 297. The fourth-order valence-corrected chi connectivity index (χ4v) is 1.16. The summed E-state index contributed by atoms with van der Waals surface area (Å²) < 4.78 is 0.942. The van der Waals surface area contributed by atoms with Gasteiger partial charge >= 0.3 is 5.97 Å². The lowest BCUT2D eigenvalue weighted by atomic mass is 10.2. The highest BCUT2D eigenvalue weighted by Gasteiger charge is 1.99. The molecule has 0 amide bonds. The third-order valence-electron chi connectivity index (χ3n) is 1.32. The highest BCUT2D eigenvalue weighted by molar-refractivity contribution is 14.1. The number of carbonyl (C=O) groups is 1. The van der Waals surface area contributed by atoms with Crippen LogP contribution >= 0.6 is 22.6 Å². The van der Waals surface area contributed by atoms with Crippen LogP contribution in [0.3, 0.4) is 0 Å². The highest BCUT2D eigenvalue weighted by atomic mass is 127. The van der Waals surface area contributed by atoms with Crippen molar-refractivity contribution >= 4 is 28.6 Å². The molecule has 1 aliphatic heterocycles. The number of nitrogens with one attached hydrogen (secondary N) is 1. The van der Waals surface area contributed by atoms with Crippen LogP contribution in [0.2, 0.25) is 0 Å². The van der Waals surface area contributed by atoms with Gasteiger partial charge in [-0.1, -0.05) is 6.07 Å².